The van der Waals surface area contributed by atoms with Gasteiger partial charge in [-0.2, -0.15) is 0 Å². The average Bonchev–Trinajstić information content (AvgIpc) is 2.95. The minimum absolute atomic E-state index is 0.975. The van der Waals surface area contributed by atoms with E-state index in [0.717, 1.165) is 22.9 Å². The standard InChI is InChI=1S/C33H29N3/c1-4-23(3)29(24-9-7-6-8-10-24)21-30-27(5-2)32(25-11-16-34-17-12-25)28-15-20-36-22-31(28)33(30)26-13-18-35-19-14-26/h5-22H,4H2,1-3H3/b27-5+,29-23-,30-21+. The van der Waals surface area contributed by atoms with E-state index in [-0.39, 0.29) is 0 Å². The highest BCUT2D eigenvalue weighted by Crippen LogP contribution is 2.31. The molecule has 0 N–H and O–H groups in total. The Bertz CT molecular complexity index is 1650. The zero-order valence-corrected chi connectivity index (χ0v) is 20.9. The molecule has 0 radical (unpaired) electrons. The average molecular weight is 468 g/mol. The van der Waals surface area contributed by atoms with Gasteiger partial charge in [0, 0.05) is 42.6 Å². The largest absolute Gasteiger partial charge is 0.265 e. The lowest BCUT2D eigenvalue weighted by molar-refractivity contribution is 1.11. The highest BCUT2D eigenvalue weighted by Gasteiger charge is 2.15. The molecule has 5 aromatic rings. The molecule has 0 saturated heterocycles. The van der Waals surface area contributed by atoms with Gasteiger partial charge in [-0.3, -0.25) is 15.0 Å². The summed E-state index contributed by atoms with van der Waals surface area (Å²) in [5, 5.41) is 4.67. The van der Waals surface area contributed by atoms with Gasteiger partial charge in [0.25, 0.3) is 0 Å². The topological polar surface area (TPSA) is 38.7 Å². The van der Waals surface area contributed by atoms with Crippen molar-refractivity contribution in [2.45, 2.75) is 27.2 Å². The Hall–Kier alpha value is -4.37. The van der Waals surface area contributed by atoms with Crippen LogP contribution in [0.3, 0.4) is 0 Å². The lowest BCUT2D eigenvalue weighted by Gasteiger charge is -2.16. The van der Waals surface area contributed by atoms with Crippen molar-refractivity contribution >= 4 is 28.5 Å². The number of fused-ring (bicyclic) bond motifs is 1. The van der Waals surface area contributed by atoms with Crippen LogP contribution in [-0.4, -0.2) is 15.0 Å². The molecule has 3 nitrogen and oxygen atoms in total. The first kappa shape index (κ1) is 23.4. The summed E-state index contributed by atoms with van der Waals surface area (Å²) in [6.45, 7) is 6.57. The molecule has 2 aromatic carbocycles. The van der Waals surface area contributed by atoms with Crippen molar-refractivity contribution in [2.24, 2.45) is 0 Å². The third-order valence-electron chi connectivity index (χ3n) is 6.78. The molecule has 0 fully saturated rings. The summed E-state index contributed by atoms with van der Waals surface area (Å²) < 4.78 is 0. The first-order valence-corrected chi connectivity index (χ1v) is 12.4. The van der Waals surface area contributed by atoms with Crippen LogP contribution in [0.4, 0.5) is 0 Å². The van der Waals surface area contributed by atoms with E-state index in [9.17, 15) is 0 Å². The number of pyridine rings is 3. The number of hydrogen-bond donors (Lipinski definition) is 0. The summed E-state index contributed by atoms with van der Waals surface area (Å²) >= 11 is 0. The van der Waals surface area contributed by atoms with Crippen molar-refractivity contribution < 1.29 is 0 Å². The predicted molar refractivity (Wildman–Crippen MR) is 151 cm³/mol. The minimum atomic E-state index is 0.975. The van der Waals surface area contributed by atoms with Crippen LogP contribution in [0.5, 0.6) is 0 Å². The third kappa shape index (κ3) is 4.36. The number of nitrogens with zero attached hydrogens (tertiary/aromatic N) is 3. The number of allylic oxidation sites excluding steroid dienone is 2. The Kier molecular flexibility index (Phi) is 6.81. The van der Waals surface area contributed by atoms with E-state index >= 15 is 0 Å². The van der Waals surface area contributed by atoms with Crippen LogP contribution in [0.25, 0.3) is 50.8 Å². The van der Waals surface area contributed by atoms with Crippen molar-refractivity contribution in [2.75, 3.05) is 0 Å². The highest BCUT2D eigenvalue weighted by atomic mass is 14.6. The quantitative estimate of drug-likeness (QED) is 0.285. The van der Waals surface area contributed by atoms with Crippen molar-refractivity contribution in [1.29, 1.82) is 0 Å². The second-order valence-electron chi connectivity index (χ2n) is 8.82. The van der Waals surface area contributed by atoms with E-state index in [1.807, 2.05) is 37.2 Å². The van der Waals surface area contributed by atoms with Gasteiger partial charge in [-0.05, 0) is 106 Å². The fraction of sp³-hybridized carbons (Fsp3) is 0.121. The molecule has 0 atom stereocenters. The monoisotopic (exact) mass is 467 g/mol. The lowest BCUT2D eigenvalue weighted by Crippen LogP contribution is -2.30. The first-order valence-electron chi connectivity index (χ1n) is 12.4. The second kappa shape index (κ2) is 10.5. The molecule has 3 heterocycles. The van der Waals surface area contributed by atoms with Crippen LogP contribution in [0.15, 0.2) is 103 Å². The van der Waals surface area contributed by atoms with Crippen LogP contribution < -0.4 is 10.4 Å². The predicted octanol–water partition coefficient (Wildman–Crippen LogP) is 6.82. The zero-order chi connectivity index (χ0) is 24.9. The third-order valence-corrected chi connectivity index (χ3v) is 6.78. The molecule has 0 amide bonds. The molecule has 3 heteroatoms. The van der Waals surface area contributed by atoms with Gasteiger partial charge in [0.05, 0.1) is 0 Å². The van der Waals surface area contributed by atoms with E-state index in [2.05, 4.69) is 109 Å². The molecule has 0 aliphatic carbocycles. The van der Waals surface area contributed by atoms with Crippen LogP contribution in [0.2, 0.25) is 0 Å². The second-order valence-corrected chi connectivity index (χ2v) is 8.82. The zero-order valence-electron chi connectivity index (χ0n) is 20.9. The fourth-order valence-corrected chi connectivity index (χ4v) is 4.89. The van der Waals surface area contributed by atoms with Gasteiger partial charge < -0.3 is 0 Å². The molecule has 0 spiro atoms. The molecule has 0 saturated carbocycles. The van der Waals surface area contributed by atoms with Gasteiger partial charge in [-0.15, -0.1) is 0 Å². The van der Waals surface area contributed by atoms with E-state index < -0.39 is 0 Å². The fourth-order valence-electron chi connectivity index (χ4n) is 4.89. The van der Waals surface area contributed by atoms with E-state index in [4.69, 9.17) is 0 Å². The molecular weight excluding hydrogens is 438 g/mol. The molecular formula is C33H29N3. The Balaban J connectivity index is 2.04. The summed E-state index contributed by atoms with van der Waals surface area (Å²) in [6.07, 6.45) is 16.9. The van der Waals surface area contributed by atoms with Gasteiger partial charge in [0.1, 0.15) is 0 Å². The van der Waals surface area contributed by atoms with Gasteiger partial charge >= 0.3 is 0 Å². The number of hydrogen-bond acceptors (Lipinski definition) is 3. The van der Waals surface area contributed by atoms with Gasteiger partial charge in [0.15, 0.2) is 0 Å². The van der Waals surface area contributed by atoms with Gasteiger partial charge in [0.2, 0.25) is 0 Å². The van der Waals surface area contributed by atoms with Gasteiger partial charge in [-0.1, -0.05) is 48.9 Å². The van der Waals surface area contributed by atoms with Crippen LogP contribution in [0, 0.1) is 0 Å². The summed E-state index contributed by atoms with van der Waals surface area (Å²) in [6, 6.07) is 21.1. The SMILES string of the molecule is C/C=c1/c(-c2ccncc2)c2ccncc2c(-c2ccncc2)/c1=C/C(=C(\C)CC)c1ccccc1. The minimum Gasteiger partial charge on any atom is -0.265 e. The number of rotatable bonds is 5. The Morgan fingerprint density at radius 3 is 1.86 bits per heavy atom. The maximum Gasteiger partial charge on any atom is 0.0353 e. The van der Waals surface area contributed by atoms with Gasteiger partial charge in [-0.25, -0.2) is 0 Å². The highest BCUT2D eigenvalue weighted by molar-refractivity contribution is 6.06. The maximum atomic E-state index is 4.55. The van der Waals surface area contributed by atoms with E-state index in [1.165, 1.54) is 43.7 Å². The number of benzene rings is 2. The summed E-state index contributed by atoms with van der Waals surface area (Å²) in [5.41, 5.74) is 8.45. The van der Waals surface area contributed by atoms with Crippen molar-refractivity contribution in [3.63, 3.8) is 0 Å². The lowest BCUT2D eigenvalue weighted by atomic mass is 9.88. The number of aromatic nitrogens is 3. The molecule has 36 heavy (non-hydrogen) atoms. The maximum absolute atomic E-state index is 4.55. The molecule has 5 rings (SSSR count). The smallest absolute Gasteiger partial charge is 0.0353 e. The molecule has 176 valence electrons. The Morgan fingerprint density at radius 2 is 1.28 bits per heavy atom. The molecule has 3 aromatic heterocycles. The summed E-state index contributed by atoms with van der Waals surface area (Å²) in [4.78, 5) is 13.1. The van der Waals surface area contributed by atoms with Crippen LogP contribution in [-0.2, 0) is 0 Å². The van der Waals surface area contributed by atoms with Crippen molar-refractivity contribution in [3.8, 4) is 22.3 Å². The van der Waals surface area contributed by atoms with Crippen LogP contribution >= 0.6 is 0 Å². The van der Waals surface area contributed by atoms with Crippen molar-refractivity contribution in [1.82, 2.24) is 15.0 Å². The summed E-state index contributed by atoms with van der Waals surface area (Å²) in [5.74, 6) is 0. The van der Waals surface area contributed by atoms with E-state index in [0.29, 0.717) is 0 Å². The molecule has 0 aliphatic rings. The van der Waals surface area contributed by atoms with Crippen LogP contribution in [0.1, 0.15) is 32.8 Å². The summed E-state index contributed by atoms with van der Waals surface area (Å²) in [7, 11) is 0. The Morgan fingerprint density at radius 1 is 0.694 bits per heavy atom. The van der Waals surface area contributed by atoms with Crippen molar-refractivity contribution in [3.05, 3.63) is 119 Å². The molecule has 0 aliphatic heterocycles. The normalized spacial score (nSPS) is 13.2. The molecule has 0 unspecified atom stereocenters. The molecule has 0 bridgehead atoms. The Labute approximate surface area is 212 Å². The van der Waals surface area contributed by atoms with E-state index in [1.54, 1.807) is 0 Å². The first-order chi connectivity index (χ1) is 17.7.